The van der Waals surface area contributed by atoms with Gasteiger partial charge in [-0.05, 0) is 47.9 Å². The van der Waals surface area contributed by atoms with Gasteiger partial charge in [0.15, 0.2) is 0 Å². The highest BCUT2D eigenvalue weighted by atomic mass is 32.2. The highest BCUT2D eigenvalue weighted by Gasteiger charge is 2.30. The quantitative estimate of drug-likeness (QED) is 0.461. The molecule has 0 aliphatic heterocycles. The van der Waals surface area contributed by atoms with E-state index in [0.717, 1.165) is 40.8 Å². The molecule has 5 nitrogen and oxygen atoms in total. The van der Waals surface area contributed by atoms with E-state index >= 15 is 0 Å². The fraction of sp³-hybridized carbons (Fsp3) is 0.174. The van der Waals surface area contributed by atoms with Crippen LogP contribution >= 0.6 is 11.8 Å². The van der Waals surface area contributed by atoms with E-state index < -0.39 is 0 Å². The van der Waals surface area contributed by atoms with Crippen molar-refractivity contribution in [2.75, 3.05) is 11.1 Å². The molecule has 1 fully saturated rings. The third-order valence-electron chi connectivity index (χ3n) is 4.92. The molecule has 0 unspecified atom stereocenters. The Bertz CT molecular complexity index is 1170. The second-order valence-corrected chi connectivity index (χ2v) is 8.12. The number of amides is 1. The van der Waals surface area contributed by atoms with E-state index in [2.05, 4.69) is 16.5 Å². The van der Waals surface area contributed by atoms with E-state index in [9.17, 15) is 4.79 Å². The molecular weight excluding hydrogens is 380 g/mol. The van der Waals surface area contributed by atoms with Gasteiger partial charge in [-0.3, -0.25) is 4.79 Å². The van der Waals surface area contributed by atoms with E-state index in [1.807, 2.05) is 71.4 Å². The van der Waals surface area contributed by atoms with Crippen molar-refractivity contribution >= 4 is 34.1 Å². The molecule has 1 heterocycles. The number of carbonyl (C=O) groups is 1. The van der Waals surface area contributed by atoms with Crippen molar-refractivity contribution in [1.29, 1.82) is 0 Å². The predicted octanol–water partition coefficient (Wildman–Crippen LogP) is 5.03. The van der Waals surface area contributed by atoms with Crippen LogP contribution in [0.25, 0.3) is 16.5 Å². The fourth-order valence-electron chi connectivity index (χ4n) is 3.32. The monoisotopic (exact) mass is 400 g/mol. The van der Waals surface area contributed by atoms with Crippen LogP contribution in [-0.4, -0.2) is 26.4 Å². The molecule has 1 N–H and O–H groups in total. The minimum atomic E-state index is -0.0608. The van der Waals surface area contributed by atoms with Crippen LogP contribution in [0.4, 0.5) is 5.69 Å². The van der Waals surface area contributed by atoms with Crippen LogP contribution in [0.2, 0.25) is 0 Å². The summed E-state index contributed by atoms with van der Waals surface area (Å²) in [5.41, 5.74) is 1.81. The van der Waals surface area contributed by atoms with Gasteiger partial charge in [0, 0.05) is 11.6 Å². The molecule has 4 aromatic rings. The first-order chi connectivity index (χ1) is 14.3. The zero-order valence-corrected chi connectivity index (χ0v) is 16.6. The van der Waals surface area contributed by atoms with Crippen molar-refractivity contribution < 1.29 is 4.79 Å². The SMILES string of the molecule is O=C(CSc1nc(C2CC2)n(-c2ccccc2)n1)Nc1ccc2ccccc2c1. The Morgan fingerprint density at radius 2 is 1.76 bits per heavy atom. The molecule has 0 atom stereocenters. The lowest BCUT2D eigenvalue weighted by molar-refractivity contribution is -0.113. The standard InChI is InChI=1S/C23H20N4OS/c28-21(24-19-13-12-16-6-4-5-7-18(16)14-19)15-29-23-25-22(17-10-11-17)27(26-23)20-8-2-1-3-9-20/h1-9,12-14,17H,10-11,15H2,(H,24,28). The first-order valence-electron chi connectivity index (χ1n) is 9.70. The second-order valence-electron chi connectivity index (χ2n) is 7.17. The van der Waals surface area contributed by atoms with Crippen LogP contribution in [0.5, 0.6) is 0 Å². The van der Waals surface area contributed by atoms with Crippen molar-refractivity contribution in [3.63, 3.8) is 0 Å². The summed E-state index contributed by atoms with van der Waals surface area (Å²) in [6.45, 7) is 0. The number of benzene rings is 3. The van der Waals surface area contributed by atoms with Gasteiger partial charge in [-0.15, -0.1) is 5.10 Å². The van der Waals surface area contributed by atoms with Gasteiger partial charge in [-0.1, -0.05) is 60.3 Å². The van der Waals surface area contributed by atoms with Crippen molar-refractivity contribution in [1.82, 2.24) is 14.8 Å². The minimum absolute atomic E-state index is 0.0608. The zero-order valence-electron chi connectivity index (χ0n) is 15.8. The summed E-state index contributed by atoms with van der Waals surface area (Å²) in [5, 5.41) is 10.5. The summed E-state index contributed by atoms with van der Waals surface area (Å²) in [7, 11) is 0. The fourth-order valence-corrected chi connectivity index (χ4v) is 3.95. The summed E-state index contributed by atoms with van der Waals surface area (Å²) in [5.74, 6) is 1.68. The number of para-hydroxylation sites is 1. The average Bonchev–Trinajstić information content (AvgIpc) is 3.52. The molecule has 0 saturated heterocycles. The summed E-state index contributed by atoms with van der Waals surface area (Å²) in [6.07, 6.45) is 2.30. The van der Waals surface area contributed by atoms with Crippen LogP contribution in [0.3, 0.4) is 0 Å². The van der Waals surface area contributed by atoms with Crippen molar-refractivity contribution in [2.45, 2.75) is 23.9 Å². The number of thioether (sulfide) groups is 1. The number of carbonyl (C=O) groups excluding carboxylic acids is 1. The van der Waals surface area contributed by atoms with Crippen molar-refractivity contribution in [3.05, 3.63) is 78.6 Å². The molecule has 1 saturated carbocycles. The van der Waals surface area contributed by atoms with E-state index in [1.165, 1.54) is 11.8 Å². The van der Waals surface area contributed by atoms with E-state index in [0.29, 0.717) is 11.1 Å². The number of nitrogens with zero attached hydrogens (tertiary/aromatic N) is 3. The Labute approximate surface area is 173 Å². The van der Waals surface area contributed by atoms with Crippen LogP contribution < -0.4 is 5.32 Å². The maximum atomic E-state index is 12.4. The molecule has 6 heteroatoms. The molecular formula is C23H20N4OS. The Hall–Kier alpha value is -3.12. The Morgan fingerprint density at radius 3 is 2.55 bits per heavy atom. The number of nitrogens with one attached hydrogen (secondary N) is 1. The highest BCUT2D eigenvalue weighted by Crippen LogP contribution is 2.40. The van der Waals surface area contributed by atoms with Gasteiger partial charge in [0.1, 0.15) is 5.82 Å². The number of hydrogen-bond donors (Lipinski definition) is 1. The van der Waals surface area contributed by atoms with Gasteiger partial charge in [-0.25, -0.2) is 9.67 Å². The van der Waals surface area contributed by atoms with E-state index in [4.69, 9.17) is 4.98 Å². The van der Waals surface area contributed by atoms with Crippen LogP contribution in [-0.2, 0) is 4.79 Å². The lowest BCUT2D eigenvalue weighted by atomic mass is 10.1. The Balaban J connectivity index is 1.27. The van der Waals surface area contributed by atoms with Crippen molar-refractivity contribution in [2.24, 2.45) is 0 Å². The molecule has 1 amide bonds. The maximum absolute atomic E-state index is 12.4. The number of aromatic nitrogens is 3. The molecule has 1 aliphatic carbocycles. The first-order valence-corrected chi connectivity index (χ1v) is 10.7. The Morgan fingerprint density at radius 1 is 1.00 bits per heavy atom. The largest absolute Gasteiger partial charge is 0.325 e. The predicted molar refractivity (Wildman–Crippen MR) is 117 cm³/mol. The van der Waals surface area contributed by atoms with Crippen LogP contribution in [0.15, 0.2) is 78.0 Å². The van der Waals surface area contributed by atoms with Crippen LogP contribution in [0.1, 0.15) is 24.6 Å². The number of anilines is 1. The normalized spacial score (nSPS) is 13.5. The van der Waals surface area contributed by atoms with Gasteiger partial charge >= 0.3 is 0 Å². The molecule has 1 aliphatic rings. The third kappa shape index (κ3) is 4.03. The molecule has 0 spiro atoms. The average molecular weight is 401 g/mol. The molecule has 5 rings (SSSR count). The van der Waals surface area contributed by atoms with Gasteiger partial charge in [0.25, 0.3) is 0 Å². The summed E-state index contributed by atoms with van der Waals surface area (Å²) >= 11 is 1.37. The zero-order chi connectivity index (χ0) is 19.6. The maximum Gasteiger partial charge on any atom is 0.234 e. The molecule has 3 aromatic carbocycles. The molecule has 0 radical (unpaired) electrons. The van der Waals surface area contributed by atoms with Crippen LogP contribution in [0, 0.1) is 0 Å². The minimum Gasteiger partial charge on any atom is -0.325 e. The van der Waals surface area contributed by atoms with E-state index in [1.54, 1.807) is 0 Å². The lowest BCUT2D eigenvalue weighted by Gasteiger charge is -2.06. The summed E-state index contributed by atoms with van der Waals surface area (Å²) in [4.78, 5) is 17.1. The number of rotatable bonds is 6. The third-order valence-corrected chi connectivity index (χ3v) is 5.76. The molecule has 29 heavy (non-hydrogen) atoms. The molecule has 144 valence electrons. The summed E-state index contributed by atoms with van der Waals surface area (Å²) in [6, 6.07) is 24.1. The first kappa shape index (κ1) is 17.9. The van der Waals surface area contributed by atoms with Gasteiger partial charge < -0.3 is 5.32 Å². The summed E-state index contributed by atoms with van der Waals surface area (Å²) < 4.78 is 1.92. The van der Waals surface area contributed by atoms with Gasteiger partial charge in [-0.2, -0.15) is 0 Å². The smallest absolute Gasteiger partial charge is 0.234 e. The van der Waals surface area contributed by atoms with Gasteiger partial charge in [0.2, 0.25) is 11.1 Å². The number of fused-ring (bicyclic) bond motifs is 1. The topological polar surface area (TPSA) is 59.8 Å². The lowest BCUT2D eigenvalue weighted by Crippen LogP contribution is -2.14. The Kier molecular flexibility index (Phi) is 4.77. The molecule has 0 bridgehead atoms. The molecule has 1 aromatic heterocycles. The second kappa shape index (κ2) is 7.72. The number of hydrogen-bond acceptors (Lipinski definition) is 4. The van der Waals surface area contributed by atoms with Gasteiger partial charge in [0.05, 0.1) is 11.4 Å². The van der Waals surface area contributed by atoms with E-state index in [-0.39, 0.29) is 11.7 Å². The highest BCUT2D eigenvalue weighted by molar-refractivity contribution is 7.99. The van der Waals surface area contributed by atoms with Crippen molar-refractivity contribution in [3.8, 4) is 5.69 Å².